The maximum absolute atomic E-state index is 13.1. The van der Waals surface area contributed by atoms with Crippen molar-refractivity contribution in [3.05, 3.63) is 65.2 Å². The average Bonchev–Trinajstić information content (AvgIpc) is 2.80. The fourth-order valence-corrected chi connectivity index (χ4v) is 4.84. The molecule has 0 atom stereocenters. The van der Waals surface area contributed by atoms with Gasteiger partial charge in [-0.3, -0.25) is 9.59 Å². The topological polar surface area (TPSA) is 108 Å². The van der Waals surface area contributed by atoms with Crippen molar-refractivity contribution in [1.82, 2.24) is 15.5 Å². The van der Waals surface area contributed by atoms with E-state index in [2.05, 4.69) is 10.6 Å². The van der Waals surface area contributed by atoms with Crippen LogP contribution in [-0.2, 0) is 16.6 Å². The summed E-state index contributed by atoms with van der Waals surface area (Å²) >= 11 is 0. The van der Waals surface area contributed by atoms with Gasteiger partial charge in [-0.15, -0.1) is 0 Å². The van der Waals surface area contributed by atoms with Crippen molar-refractivity contribution in [3.63, 3.8) is 0 Å². The predicted molar refractivity (Wildman–Crippen MR) is 124 cm³/mol. The lowest BCUT2D eigenvalue weighted by Crippen LogP contribution is -2.63. The van der Waals surface area contributed by atoms with E-state index in [0.29, 0.717) is 44.5 Å². The molecule has 1 aliphatic heterocycles. The maximum atomic E-state index is 13.1. The third kappa shape index (κ3) is 5.59. The number of rotatable bonds is 6. The average molecular weight is 491 g/mol. The van der Waals surface area contributed by atoms with Crippen LogP contribution in [-0.4, -0.2) is 53.5 Å². The molecule has 7 nitrogen and oxygen atoms in total. The van der Waals surface area contributed by atoms with Crippen LogP contribution in [0.2, 0.25) is 0 Å². The summed E-state index contributed by atoms with van der Waals surface area (Å²) in [5, 5.41) is 16.8. The van der Waals surface area contributed by atoms with Crippen LogP contribution in [0.3, 0.4) is 0 Å². The van der Waals surface area contributed by atoms with Gasteiger partial charge < -0.3 is 26.4 Å². The minimum atomic E-state index is -4.56. The van der Waals surface area contributed by atoms with Crippen LogP contribution in [0.15, 0.2) is 48.5 Å². The molecular weight excluding hydrogens is 461 g/mol. The standard InChI is InChI=1S/C25H29F3N4O3/c26-25(27,28)18-5-1-3-16(11-18)23(34)31-15-22(33)32(21-13-30-14-21)20-7-9-24(35,10-8-20)17-4-2-6-19(29)12-17/h1-6,11-12,20-21,30,35H,7-10,13-15,29H2,(H,31,34). The van der Waals surface area contributed by atoms with E-state index in [0.717, 1.165) is 23.8 Å². The maximum Gasteiger partial charge on any atom is 0.416 e. The molecule has 5 N–H and O–H groups in total. The summed E-state index contributed by atoms with van der Waals surface area (Å²) < 4.78 is 38.9. The van der Waals surface area contributed by atoms with Crippen LogP contribution in [0.5, 0.6) is 0 Å². The van der Waals surface area contributed by atoms with Crippen molar-refractivity contribution < 1.29 is 27.9 Å². The zero-order valence-electron chi connectivity index (χ0n) is 19.1. The number of carbonyl (C=O) groups excluding carboxylic acids is 2. The molecule has 10 heteroatoms. The Bertz CT molecular complexity index is 1080. The normalized spacial score (nSPS) is 22.8. The van der Waals surface area contributed by atoms with Crippen LogP contribution < -0.4 is 16.4 Å². The SMILES string of the molecule is Nc1cccc(C2(O)CCC(N(C(=O)CNC(=O)c3cccc(C(F)(F)F)c3)C3CNC3)CC2)c1. The number of anilines is 1. The van der Waals surface area contributed by atoms with Gasteiger partial charge in [-0.1, -0.05) is 18.2 Å². The molecule has 188 valence electrons. The smallest absolute Gasteiger partial charge is 0.399 e. The summed E-state index contributed by atoms with van der Waals surface area (Å²) in [5.41, 5.74) is 5.11. The highest BCUT2D eigenvalue weighted by atomic mass is 19.4. The Hall–Kier alpha value is -3.11. The molecule has 0 radical (unpaired) electrons. The minimum Gasteiger partial charge on any atom is -0.399 e. The summed E-state index contributed by atoms with van der Waals surface area (Å²) in [5.74, 6) is -1.04. The van der Waals surface area contributed by atoms with Crippen LogP contribution in [0, 0.1) is 0 Å². The number of benzene rings is 2. The lowest BCUT2D eigenvalue weighted by atomic mass is 9.77. The van der Waals surface area contributed by atoms with Gasteiger partial charge in [0.15, 0.2) is 0 Å². The van der Waals surface area contributed by atoms with Gasteiger partial charge in [0, 0.05) is 30.4 Å². The van der Waals surface area contributed by atoms with E-state index >= 15 is 0 Å². The number of nitrogens with one attached hydrogen (secondary N) is 2. The third-order valence-electron chi connectivity index (χ3n) is 6.89. The fourth-order valence-electron chi connectivity index (χ4n) is 4.84. The predicted octanol–water partition coefficient (Wildman–Crippen LogP) is 2.65. The molecule has 2 aromatic rings. The lowest BCUT2D eigenvalue weighted by Gasteiger charge is -2.47. The Kier molecular flexibility index (Phi) is 7.05. The molecule has 2 aromatic carbocycles. The highest BCUT2D eigenvalue weighted by Gasteiger charge is 2.41. The largest absolute Gasteiger partial charge is 0.416 e. The van der Waals surface area contributed by atoms with Crippen molar-refractivity contribution in [1.29, 1.82) is 0 Å². The summed E-state index contributed by atoms with van der Waals surface area (Å²) in [6.45, 7) is 0.939. The molecule has 1 saturated heterocycles. The molecule has 35 heavy (non-hydrogen) atoms. The number of halogens is 3. The summed E-state index contributed by atoms with van der Waals surface area (Å²) in [6, 6.07) is 11.1. The molecule has 2 fully saturated rings. The monoisotopic (exact) mass is 490 g/mol. The molecule has 2 amide bonds. The fraction of sp³-hybridized carbons (Fsp3) is 0.440. The number of nitrogens with two attached hydrogens (primary N) is 1. The van der Waals surface area contributed by atoms with E-state index in [9.17, 15) is 27.9 Å². The van der Waals surface area contributed by atoms with E-state index in [1.807, 2.05) is 6.07 Å². The van der Waals surface area contributed by atoms with Crippen molar-refractivity contribution in [2.45, 2.75) is 49.5 Å². The van der Waals surface area contributed by atoms with Gasteiger partial charge in [0.2, 0.25) is 5.91 Å². The Morgan fingerprint density at radius 3 is 2.37 bits per heavy atom. The van der Waals surface area contributed by atoms with Gasteiger partial charge in [0.25, 0.3) is 5.91 Å². The van der Waals surface area contributed by atoms with Gasteiger partial charge in [-0.2, -0.15) is 13.2 Å². The van der Waals surface area contributed by atoms with Gasteiger partial charge in [0.05, 0.1) is 23.8 Å². The van der Waals surface area contributed by atoms with Crippen LogP contribution in [0.4, 0.5) is 18.9 Å². The third-order valence-corrected chi connectivity index (χ3v) is 6.89. The molecule has 0 bridgehead atoms. The molecule has 4 rings (SSSR count). The molecular formula is C25H29F3N4O3. The number of nitrogens with zero attached hydrogens (tertiary/aromatic N) is 1. The van der Waals surface area contributed by atoms with Gasteiger partial charge in [-0.25, -0.2) is 0 Å². The number of aliphatic hydroxyl groups is 1. The van der Waals surface area contributed by atoms with Gasteiger partial charge in [0.1, 0.15) is 0 Å². The Morgan fingerprint density at radius 2 is 1.77 bits per heavy atom. The number of hydrogen-bond donors (Lipinski definition) is 4. The molecule has 0 unspecified atom stereocenters. The number of nitrogen functional groups attached to an aromatic ring is 1. The quantitative estimate of drug-likeness (QED) is 0.466. The molecule has 1 saturated carbocycles. The first kappa shape index (κ1) is 25.0. The van der Waals surface area contributed by atoms with Crippen molar-refractivity contribution in [2.24, 2.45) is 0 Å². The molecule has 1 heterocycles. The Morgan fingerprint density at radius 1 is 1.09 bits per heavy atom. The zero-order valence-corrected chi connectivity index (χ0v) is 19.1. The molecule has 2 aliphatic rings. The minimum absolute atomic E-state index is 0.0310. The molecule has 0 aromatic heterocycles. The second kappa shape index (κ2) is 9.87. The van der Waals surface area contributed by atoms with E-state index in [4.69, 9.17) is 5.73 Å². The molecule has 1 aliphatic carbocycles. The van der Waals surface area contributed by atoms with Crippen LogP contribution in [0.1, 0.15) is 47.2 Å². The number of amides is 2. The van der Waals surface area contributed by atoms with E-state index < -0.39 is 23.2 Å². The van der Waals surface area contributed by atoms with Crippen LogP contribution >= 0.6 is 0 Å². The number of alkyl halides is 3. The summed E-state index contributed by atoms with van der Waals surface area (Å²) in [4.78, 5) is 27.4. The highest BCUT2D eigenvalue weighted by Crippen LogP contribution is 2.39. The first-order valence-corrected chi connectivity index (χ1v) is 11.6. The highest BCUT2D eigenvalue weighted by molar-refractivity contribution is 5.96. The summed E-state index contributed by atoms with van der Waals surface area (Å²) in [7, 11) is 0. The van der Waals surface area contributed by atoms with E-state index in [1.54, 1.807) is 23.1 Å². The van der Waals surface area contributed by atoms with Gasteiger partial charge >= 0.3 is 6.18 Å². The van der Waals surface area contributed by atoms with Crippen molar-refractivity contribution in [2.75, 3.05) is 25.4 Å². The van der Waals surface area contributed by atoms with Crippen molar-refractivity contribution >= 4 is 17.5 Å². The number of carbonyl (C=O) groups is 2. The van der Waals surface area contributed by atoms with E-state index in [-0.39, 0.29) is 30.1 Å². The Balaban J connectivity index is 1.39. The van der Waals surface area contributed by atoms with Crippen molar-refractivity contribution in [3.8, 4) is 0 Å². The summed E-state index contributed by atoms with van der Waals surface area (Å²) in [6.07, 6.45) is -2.48. The second-order valence-electron chi connectivity index (χ2n) is 9.26. The van der Waals surface area contributed by atoms with E-state index in [1.165, 1.54) is 6.07 Å². The lowest BCUT2D eigenvalue weighted by molar-refractivity contribution is -0.139. The first-order valence-electron chi connectivity index (χ1n) is 11.6. The zero-order chi connectivity index (χ0) is 25.2. The van der Waals surface area contributed by atoms with Crippen LogP contribution in [0.25, 0.3) is 0 Å². The number of hydrogen-bond acceptors (Lipinski definition) is 5. The molecule has 0 spiro atoms. The second-order valence-corrected chi connectivity index (χ2v) is 9.26. The van der Waals surface area contributed by atoms with Gasteiger partial charge in [-0.05, 0) is 61.6 Å². The first-order chi connectivity index (χ1) is 16.6. The Labute approximate surface area is 201 Å².